The molecule has 1 aromatic heterocycles. The molecule has 0 aliphatic carbocycles. The lowest BCUT2D eigenvalue weighted by Gasteiger charge is -2.14. The number of aromatic nitrogens is 1. The number of carbonyl (C=O) groups excluding carboxylic acids is 1. The summed E-state index contributed by atoms with van der Waals surface area (Å²) in [4.78, 5) is 27.4. The molecule has 3 aromatic rings. The van der Waals surface area contributed by atoms with Crippen molar-refractivity contribution in [2.75, 3.05) is 13.1 Å². The largest absolute Gasteiger partial charge is 0.489 e. The van der Waals surface area contributed by atoms with Gasteiger partial charge in [0.05, 0.1) is 6.54 Å². The van der Waals surface area contributed by atoms with Gasteiger partial charge in [-0.05, 0) is 43.1 Å². The molecule has 30 heavy (non-hydrogen) atoms. The van der Waals surface area contributed by atoms with Gasteiger partial charge in [-0.2, -0.15) is 0 Å². The Morgan fingerprint density at radius 2 is 1.63 bits per heavy atom. The molecule has 1 fully saturated rings. The summed E-state index contributed by atoms with van der Waals surface area (Å²) in [5.41, 5.74) is 2.62. The van der Waals surface area contributed by atoms with Crippen molar-refractivity contribution in [1.82, 2.24) is 9.47 Å². The van der Waals surface area contributed by atoms with Crippen LogP contribution >= 0.6 is 0 Å². The zero-order valence-electron chi connectivity index (χ0n) is 17.0. The molecule has 0 bridgehead atoms. The summed E-state index contributed by atoms with van der Waals surface area (Å²) >= 11 is 0. The molecule has 0 radical (unpaired) electrons. The molecule has 2 aromatic carbocycles. The number of pyridine rings is 1. The van der Waals surface area contributed by atoms with Crippen LogP contribution in [0.15, 0.2) is 77.7 Å². The van der Waals surface area contributed by atoms with Crippen molar-refractivity contribution in [3.05, 3.63) is 100.0 Å². The Morgan fingerprint density at radius 3 is 2.33 bits per heavy atom. The minimum absolute atomic E-state index is 0.0171. The monoisotopic (exact) mass is 402 g/mol. The van der Waals surface area contributed by atoms with Crippen molar-refractivity contribution < 1.29 is 9.53 Å². The predicted octanol–water partition coefficient (Wildman–Crippen LogP) is 3.91. The van der Waals surface area contributed by atoms with E-state index in [1.165, 1.54) is 29.0 Å². The van der Waals surface area contributed by atoms with Crippen LogP contribution < -0.4 is 10.3 Å². The van der Waals surface area contributed by atoms with E-state index in [0.29, 0.717) is 17.9 Å². The van der Waals surface area contributed by atoms with Crippen LogP contribution in [0.1, 0.15) is 34.3 Å². The molecule has 2 heterocycles. The molecule has 0 atom stereocenters. The maximum Gasteiger partial charge on any atom is 0.254 e. The van der Waals surface area contributed by atoms with E-state index < -0.39 is 0 Å². The van der Waals surface area contributed by atoms with Gasteiger partial charge >= 0.3 is 0 Å². The fraction of sp³-hybridized carbons (Fsp3) is 0.280. The highest BCUT2D eigenvalue weighted by Crippen LogP contribution is 2.14. The number of carbonyl (C=O) groups is 1. The van der Waals surface area contributed by atoms with Crippen molar-refractivity contribution in [2.24, 2.45) is 0 Å². The van der Waals surface area contributed by atoms with Gasteiger partial charge in [-0.15, -0.1) is 0 Å². The third kappa shape index (κ3) is 5.24. The number of benzene rings is 2. The van der Waals surface area contributed by atoms with Gasteiger partial charge in [0.1, 0.15) is 12.4 Å². The first-order valence-electron chi connectivity index (χ1n) is 10.4. The van der Waals surface area contributed by atoms with Crippen LogP contribution in [0.3, 0.4) is 0 Å². The van der Waals surface area contributed by atoms with Gasteiger partial charge < -0.3 is 9.30 Å². The van der Waals surface area contributed by atoms with E-state index in [9.17, 15) is 9.59 Å². The van der Waals surface area contributed by atoms with Crippen LogP contribution in [0.5, 0.6) is 5.75 Å². The average molecular weight is 402 g/mol. The second-order valence-electron chi connectivity index (χ2n) is 7.71. The molecule has 0 amide bonds. The van der Waals surface area contributed by atoms with E-state index in [2.05, 4.69) is 4.90 Å². The van der Waals surface area contributed by atoms with Gasteiger partial charge in [0.25, 0.3) is 5.56 Å². The minimum Gasteiger partial charge on any atom is -0.489 e. The van der Waals surface area contributed by atoms with E-state index in [4.69, 9.17) is 4.74 Å². The van der Waals surface area contributed by atoms with Crippen molar-refractivity contribution in [1.29, 1.82) is 0 Å². The molecule has 5 heteroatoms. The van der Waals surface area contributed by atoms with E-state index in [-0.39, 0.29) is 17.9 Å². The lowest BCUT2D eigenvalue weighted by atomic mass is 10.1. The highest BCUT2D eigenvalue weighted by Gasteiger charge is 2.13. The van der Waals surface area contributed by atoms with Gasteiger partial charge in [-0.25, -0.2) is 0 Å². The van der Waals surface area contributed by atoms with Crippen LogP contribution in [0.4, 0.5) is 0 Å². The first kappa shape index (κ1) is 20.1. The number of hydrogen-bond acceptors (Lipinski definition) is 4. The molecule has 5 nitrogen and oxygen atoms in total. The second-order valence-corrected chi connectivity index (χ2v) is 7.71. The van der Waals surface area contributed by atoms with Gasteiger partial charge in [0, 0.05) is 24.4 Å². The third-order valence-corrected chi connectivity index (χ3v) is 5.41. The Labute approximate surface area is 176 Å². The van der Waals surface area contributed by atoms with Crippen LogP contribution in [0.2, 0.25) is 0 Å². The SMILES string of the molecule is O=C(Cn1ccc(OCc2ccccc2)cc1=O)c1ccc(CN2CCCC2)cc1. The second kappa shape index (κ2) is 9.55. The van der Waals surface area contributed by atoms with Crippen molar-refractivity contribution in [3.63, 3.8) is 0 Å². The molecule has 0 saturated carbocycles. The Balaban J connectivity index is 1.35. The van der Waals surface area contributed by atoms with Crippen LogP contribution in [-0.4, -0.2) is 28.3 Å². The molecule has 1 aliphatic rings. The van der Waals surface area contributed by atoms with E-state index in [0.717, 1.165) is 25.2 Å². The Morgan fingerprint density at radius 1 is 0.900 bits per heavy atom. The standard InChI is InChI=1S/C25H26N2O3/c28-24(22-10-8-20(9-11-22)17-26-13-4-5-14-26)18-27-15-12-23(16-25(27)29)30-19-21-6-2-1-3-7-21/h1-3,6-12,15-16H,4-5,13-14,17-19H2. The van der Waals surface area contributed by atoms with Gasteiger partial charge in [0.2, 0.25) is 0 Å². The third-order valence-electron chi connectivity index (χ3n) is 5.41. The van der Waals surface area contributed by atoms with Crippen LogP contribution in [-0.2, 0) is 19.7 Å². The number of hydrogen-bond donors (Lipinski definition) is 0. The summed E-state index contributed by atoms with van der Waals surface area (Å²) < 4.78 is 7.10. The molecule has 1 aliphatic heterocycles. The Hall–Kier alpha value is -3.18. The Bertz CT molecular complexity index is 1040. The summed E-state index contributed by atoms with van der Waals surface area (Å²) in [6.07, 6.45) is 4.14. The summed E-state index contributed by atoms with van der Waals surface area (Å²) in [7, 11) is 0. The highest BCUT2D eigenvalue weighted by atomic mass is 16.5. The molecular weight excluding hydrogens is 376 g/mol. The summed E-state index contributed by atoms with van der Waals surface area (Å²) in [5.74, 6) is 0.418. The number of ether oxygens (including phenoxy) is 1. The summed E-state index contributed by atoms with van der Waals surface area (Å²) in [6, 6.07) is 20.7. The number of likely N-dealkylation sites (tertiary alicyclic amines) is 1. The molecular formula is C25H26N2O3. The average Bonchev–Trinajstić information content (AvgIpc) is 3.28. The fourth-order valence-electron chi connectivity index (χ4n) is 3.69. The van der Waals surface area contributed by atoms with E-state index >= 15 is 0 Å². The Kier molecular flexibility index (Phi) is 6.40. The molecule has 0 spiro atoms. The quantitative estimate of drug-likeness (QED) is 0.536. The lowest BCUT2D eigenvalue weighted by Crippen LogP contribution is -2.23. The summed E-state index contributed by atoms with van der Waals surface area (Å²) in [6.45, 7) is 3.64. The maximum absolute atomic E-state index is 12.6. The normalized spacial score (nSPS) is 14.0. The fourth-order valence-corrected chi connectivity index (χ4v) is 3.69. The molecule has 0 N–H and O–H groups in total. The van der Waals surface area contributed by atoms with Crippen LogP contribution in [0, 0.1) is 0 Å². The smallest absolute Gasteiger partial charge is 0.254 e. The zero-order chi connectivity index (χ0) is 20.8. The van der Waals surface area contributed by atoms with Crippen molar-refractivity contribution in [2.45, 2.75) is 32.5 Å². The van der Waals surface area contributed by atoms with Gasteiger partial charge in [-0.1, -0.05) is 54.6 Å². The maximum atomic E-state index is 12.6. The van der Waals surface area contributed by atoms with Crippen molar-refractivity contribution in [3.8, 4) is 5.75 Å². The lowest BCUT2D eigenvalue weighted by molar-refractivity contribution is 0.0970. The number of rotatable bonds is 8. The van der Waals surface area contributed by atoms with Gasteiger partial charge in [-0.3, -0.25) is 14.5 Å². The molecule has 154 valence electrons. The number of Topliss-reactive ketones (excluding diaryl/α,β-unsaturated/α-hetero) is 1. The number of ketones is 1. The topological polar surface area (TPSA) is 51.5 Å². The zero-order valence-corrected chi connectivity index (χ0v) is 17.0. The van der Waals surface area contributed by atoms with E-state index in [1.807, 2.05) is 54.6 Å². The molecule has 4 rings (SSSR count). The first-order chi connectivity index (χ1) is 14.7. The highest BCUT2D eigenvalue weighted by molar-refractivity contribution is 5.95. The van der Waals surface area contributed by atoms with Crippen molar-refractivity contribution >= 4 is 5.78 Å². The first-order valence-corrected chi connectivity index (χ1v) is 10.4. The molecule has 0 unspecified atom stereocenters. The van der Waals surface area contributed by atoms with Gasteiger partial charge in [0.15, 0.2) is 5.78 Å². The minimum atomic E-state index is -0.250. The predicted molar refractivity (Wildman–Crippen MR) is 117 cm³/mol. The summed E-state index contributed by atoms with van der Waals surface area (Å²) in [5, 5.41) is 0. The van der Waals surface area contributed by atoms with Crippen LogP contribution in [0.25, 0.3) is 0 Å². The number of nitrogens with zero attached hydrogens (tertiary/aromatic N) is 2. The molecule has 1 saturated heterocycles. The van der Waals surface area contributed by atoms with E-state index in [1.54, 1.807) is 12.3 Å².